The summed E-state index contributed by atoms with van der Waals surface area (Å²) in [4.78, 5) is 44.6. The fourth-order valence-corrected chi connectivity index (χ4v) is 10.8. The van der Waals surface area contributed by atoms with Crippen molar-refractivity contribution < 1.29 is 37.5 Å². The molecule has 2 aromatic carbocycles. The second kappa shape index (κ2) is 16.3. The van der Waals surface area contributed by atoms with E-state index < -0.39 is 39.8 Å². The van der Waals surface area contributed by atoms with Crippen LogP contribution in [0.1, 0.15) is 64.4 Å². The Labute approximate surface area is 339 Å². The van der Waals surface area contributed by atoms with Crippen molar-refractivity contribution in [1.29, 1.82) is 0 Å². The van der Waals surface area contributed by atoms with Gasteiger partial charge < -0.3 is 28.7 Å². The molecule has 0 saturated heterocycles. The number of amides is 3. The summed E-state index contributed by atoms with van der Waals surface area (Å²) in [6.07, 6.45) is 8.02. The van der Waals surface area contributed by atoms with Gasteiger partial charge in [0.05, 0.1) is 31.3 Å². The lowest BCUT2D eigenvalue weighted by Gasteiger charge is -2.46. The van der Waals surface area contributed by atoms with Crippen LogP contribution < -0.4 is 19.1 Å². The minimum atomic E-state index is -3.89. The zero-order chi connectivity index (χ0) is 40.6. The van der Waals surface area contributed by atoms with Gasteiger partial charge >= 0.3 is 6.09 Å². The van der Waals surface area contributed by atoms with Gasteiger partial charge in [0.1, 0.15) is 27.3 Å². The molecule has 4 aliphatic rings. The molecule has 16 heteroatoms. The molecule has 57 heavy (non-hydrogen) atoms. The summed E-state index contributed by atoms with van der Waals surface area (Å²) in [7, 11) is 3.91. The minimum absolute atomic E-state index is 0.0111. The number of nitrogens with zero attached hydrogens (tertiary/aromatic N) is 5. The van der Waals surface area contributed by atoms with E-state index in [1.807, 2.05) is 12.1 Å². The number of ether oxygens (including phenoxy) is 4. The number of fused-ring (bicyclic) bond motifs is 4. The summed E-state index contributed by atoms with van der Waals surface area (Å²) in [5.41, 5.74) is 3.05. The molecule has 3 aromatic rings. The van der Waals surface area contributed by atoms with Crippen LogP contribution in [0.2, 0.25) is 5.02 Å². The number of nitrogens with one attached hydrogen (secondary N) is 1. The first kappa shape index (κ1) is 40.6. The van der Waals surface area contributed by atoms with E-state index in [1.165, 1.54) is 34.0 Å². The molecule has 2 aliphatic heterocycles. The highest BCUT2D eigenvalue weighted by Crippen LogP contribution is 2.47. The van der Waals surface area contributed by atoms with Crippen molar-refractivity contribution in [2.75, 3.05) is 58.7 Å². The summed E-state index contributed by atoms with van der Waals surface area (Å²) in [6, 6.07) is 11.3. The number of carbonyl (C=O) groups is 3. The second-order valence-corrected chi connectivity index (χ2v) is 18.4. The highest BCUT2D eigenvalue weighted by molar-refractivity contribution is 7.92. The average Bonchev–Trinajstić information content (AvgIpc) is 3.48. The predicted octanol–water partition coefficient (Wildman–Crippen LogP) is 5.82. The standard InChI is InChI=1S/C41H51ClN6O8S/c1-25-22-57(52,45-38(50)31-21-47(4)43-39(31)54-6)44-37(49)27-10-14-36-33(19-27)48(23-41(24-55-36)17-7-8-26-18-29(42)11-13-32(26)41)20-28-9-12-30(28)35(53-5)16-15-34(25)56-40(51)46(2)3/h10-11,13-16,18-19,21,25,28,30,34-35H,7-9,12,17,20,22-24H2,1-6H3,(H,44,45,49,50,52)/b16-15+/t25-,28+,30-,34+,35+,41+,57+/m1/s1. The lowest BCUT2D eigenvalue weighted by atomic mass is 9.68. The summed E-state index contributed by atoms with van der Waals surface area (Å²) in [6.45, 7) is 3.49. The fraction of sp³-hybridized carbons (Fsp3) is 0.512. The van der Waals surface area contributed by atoms with E-state index >= 15 is 0 Å². The number of halogens is 1. The van der Waals surface area contributed by atoms with Gasteiger partial charge in [0, 0.05) is 69.5 Å². The maximum atomic E-state index is 15.0. The zero-order valence-corrected chi connectivity index (χ0v) is 34.8. The van der Waals surface area contributed by atoms with Gasteiger partial charge in [-0.2, -0.15) is 0 Å². The van der Waals surface area contributed by atoms with Crippen LogP contribution in [0.3, 0.4) is 0 Å². The molecule has 7 rings (SSSR count). The van der Waals surface area contributed by atoms with E-state index in [1.54, 1.807) is 59.5 Å². The predicted molar refractivity (Wildman–Crippen MR) is 216 cm³/mol. The molecule has 1 saturated carbocycles. The topological polar surface area (TPSA) is 154 Å². The first-order valence-electron chi connectivity index (χ1n) is 19.3. The van der Waals surface area contributed by atoms with E-state index in [4.69, 9.17) is 30.5 Å². The number of hydrogen-bond donors (Lipinski definition) is 1. The Bertz CT molecular complexity index is 2200. The molecule has 3 amide bonds. The third kappa shape index (κ3) is 8.37. The van der Waals surface area contributed by atoms with Crippen LogP contribution in [0.15, 0.2) is 59.1 Å². The second-order valence-electron chi connectivity index (χ2n) is 16.0. The molecule has 1 spiro atoms. The van der Waals surface area contributed by atoms with E-state index in [0.29, 0.717) is 30.5 Å². The molecule has 0 radical (unpaired) electrons. The molecule has 1 aromatic heterocycles. The molecule has 1 fully saturated rings. The number of rotatable bonds is 5. The highest BCUT2D eigenvalue weighted by atomic mass is 35.5. The SMILES string of the molecule is COc1nn(C)cc1C(=O)N[S@@]1(=O)=NC(=O)c2ccc3c(c2)N(C[C@@H]2CC[C@H]2[C@@H](OC)/C=C/[C@H](OC(=O)N(C)C)[C@H](C)C1)C[C@@]1(CCCc2cc(Cl)ccc21)CO3. The largest absolute Gasteiger partial charge is 0.490 e. The Balaban J connectivity index is 1.34. The molecular weight excluding hydrogens is 772 g/mol. The Morgan fingerprint density at radius 3 is 2.61 bits per heavy atom. The average molecular weight is 823 g/mol. The number of anilines is 1. The van der Waals surface area contributed by atoms with Crippen molar-refractivity contribution in [3.8, 4) is 11.6 Å². The number of aromatic nitrogens is 2. The van der Waals surface area contributed by atoms with Crippen LogP contribution in [0.25, 0.3) is 0 Å². The first-order chi connectivity index (χ1) is 27.2. The molecular formula is C41H51ClN6O8S. The van der Waals surface area contributed by atoms with Gasteiger partial charge in [0.15, 0.2) is 0 Å². The van der Waals surface area contributed by atoms with Crippen molar-refractivity contribution in [3.63, 3.8) is 0 Å². The van der Waals surface area contributed by atoms with E-state index in [-0.39, 0.29) is 46.1 Å². The fourth-order valence-electron chi connectivity index (χ4n) is 8.68. The quantitative estimate of drug-likeness (QED) is 0.312. The highest BCUT2D eigenvalue weighted by Gasteiger charge is 2.44. The Morgan fingerprint density at radius 2 is 1.89 bits per heavy atom. The summed E-state index contributed by atoms with van der Waals surface area (Å²) in [5, 5.41) is 4.85. The van der Waals surface area contributed by atoms with Gasteiger partial charge in [-0.15, -0.1) is 9.46 Å². The van der Waals surface area contributed by atoms with Gasteiger partial charge in [-0.05, 0) is 91.5 Å². The van der Waals surface area contributed by atoms with E-state index in [9.17, 15) is 18.6 Å². The van der Waals surface area contributed by atoms with Crippen molar-refractivity contribution >= 4 is 45.1 Å². The molecule has 306 valence electrons. The van der Waals surface area contributed by atoms with Crippen molar-refractivity contribution in [2.45, 2.75) is 56.7 Å². The Kier molecular flexibility index (Phi) is 11.6. The monoisotopic (exact) mass is 822 g/mol. The van der Waals surface area contributed by atoms with Gasteiger partial charge in [-0.1, -0.05) is 30.7 Å². The van der Waals surface area contributed by atoms with Crippen LogP contribution in [0.4, 0.5) is 10.5 Å². The molecule has 2 bridgehead atoms. The van der Waals surface area contributed by atoms with E-state index in [0.717, 1.165) is 37.8 Å². The Hall–Kier alpha value is -4.60. The molecule has 2 aliphatic carbocycles. The van der Waals surface area contributed by atoms with Crippen LogP contribution >= 0.6 is 11.6 Å². The molecule has 7 atom stereocenters. The smallest absolute Gasteiger partial charge is 0.409 e. The lowest BCUT2D eigenvalue weighted by Crippen LogP contribution is -2.49. The molecule has 3 heterocycles. The number of carbonyl (C=O) groups excluding carboxylic acids is 3. The summed E-state index contributed by atoms with van der Waals surface area (Å²) < 4.78 is 47.1. The Morgan fingerprint density at radius 1 is 1.11 bits per heavy atom. The third-order valence-corrected chi connectivity index (χ3v) is 13.9. The number of benzene rings is 2. The van der Waals surface area contributed by atoms with Gasteiger partial charge in [-0.25, -0.2) is 9.00 Å². The normalized spacial score (nSPS) is 29.0. The first-order valence-corrected chi connectivity index (χ1v) is 21.4. The lowest BCUT2D eigenvalue weighted by molar-refractivity contribution is 0.0120. The van der Waals surface area contributed by atoms with Crippen LogP contribution in [-0.4, -0.2) is 103 Å². The maximum Gasteiger partial charge on any atom is 0.409 e. The molecule has 14 nitrogen and oxygen atoms in total. The van der Waals surface area contributed by atoms with Crippen molar-refractivity contribution in [2.24, 2.45) is 29.2 Å². The number of aryl methyl sites for hydroxylation is 2. The number of methoxy groups -OCH3 is 2. The molecule has 1 N–H and O–H groups in total. The zero-order valence-electron chi connectivity index (χ0n) is 33.2. The van der Waals surface area contributed by atoms with Crippen LogP contribution in [0.5, 0.6) is 11.6 Å². The van der Waals surface area contributed by atoms with Gasteiger partial charge in [-0.3, -0.25) is 19.0 Å². The molecule has 0 unspecified atom stereocenters. The van der Waals surface area contributed by atoms with Crippen LogP contribution in [-0.2, 0) is 38.3 Å². The van der Waals surface area contributed by atoms with Crippen molar-refractivity contribution in [3.05, 3.63) is 82.0 Å². The van der Waals surface area contributed by atoms with Gasteiger partial charge in [0.2, 0.25) is 5.88 Å². The third-order valence-electron chi connectivity index (χ3n) is 11.8. The van der Waals surface area contributed by atoms with E-state index in [2.05, 4.69) is 31.2 Å². The van der Waals surface area contributed by atoms with Crippen molar-refractivity contribution in [1.82, 2.24) is 19.4 Å². The minimum Gasteiger partial charge on any atom is -0.490 e. The maximum absolute atomic E-state index is 15.0. The number of hydrogen-bond acceptors (Lipinski definition) is 10. The van der Waals surface area contributed by atoms with Gasteiger partial charge in [0.25, 0.3) is 11.8 Å². The summed E-state index contributed by atoms with van der Waals surface area (Å²) in [5.74, 6) is -1.55. The van der Waals surface area contributed by atoms with Crippen LogP contribution in [0, 0.1) is 17.8 Å². The summed E-state index contributed by atoms with van der Waals surface area (Å²) >= 11 is 6.48.